The molecule has 0 saturated heterocycles. The molecule has 0 amide bonds. The van der Waals surface area contributed by atoms with E-state index in [4.69, 9.17) is 4.98 Å². The lowest BCUT2D eigenvalue weighted by molar-refractivity contribution is 1.01. The number of para-hydroxylation sites is 1. The van der Waals surface area contributed by atoms with Crippen LogP contribution in [0.15, 0.2) is 72.9 Å². The third kappa shape index (κ3) is 2.96. The van der Waals surface area contributed by atoms with Gasteiger partial charge in [0.05, 0.1) is 15.4 Å². The molecule has 0 unspecified atom stereocenters. The van der Waals surface area contributed by atoms with Crippen molar-refractivity contribution < 1.29 is 0 Å². The fourth-order valence-electron chi connectivity index (χ4n) is 4.30. The van der Waals surface area contributed by atoms with E-state index in [1.807, 2.05) is 0 Å². The first kappa shape index (κ1) is 18.6. The quantitative estimate of drug-likeness (QED) is 0.278. The summed E-state index contributed by atoms with van der Waals surface area (Å²) >= 11 is 3.58. The van der Waals surface area contributed by atoms with Crippen LogP contribution in [0.25, 0.3) is 48.8 Å². The second-order valence-corrected chi connectivity index (χ2v) is 10.5. The van der Waals surface area contributed by atoms with Crippen LogP contribution in [0.5, 0.6) is 0 Å². The molecule has 0 aliphatic carbocycles. The average molecular weight is 440 g/mol. The van der Waals surface area contributed by atoms with Crippen LogP contribution in [0, 0.1) is 13.8 Å². The summed E-state index contributed by atoms with van der Waals surface area (Å²) in [4.78, 5) is 10.1. The van der Waals surface area contributed by atoms with Crippen LogP contribution in [0.2, 0.25) is 0 Å². The molecule has 5 heteroatoms. The number of nitrogens with zero attached hydrogens (tertiary/aromatic N) is 3. The monoisotopic (exact) mass is 439 g/mol. The van der Waals surface area contributed by atoms with Gasteiger partial charge in [-0.25, -0.2) is 4.98 Å². The van der Waals surface area contributed by atoms with Gasteiger partial charge in [0.25, 0.3) is 0 Å². The number of fused-ring (bicyclic) bond motifs is 3. The molecule has 4 heterocycles. The van der Waals surface area contributed by atoms with Crippen molar-refractivity contribution in [3.8, 4) is 27.0 Å². The molecule has 152 valence electrons. The van der Waals surface area contributed by atoms with Crippen molar-refractivity contribution in [3.05, 3.63) is 82.7 Å². The predicted molar refractivity (Wildman–Crippen MR) is 134 cm³/mol. The number of hydrogen-bond donors (Lipinski definition) is 0. The third-order valence-electron chi connectivity index (χ3n) is 5.83. The molecule has 0 bridgehead atoms. The summed E-state index contributed by atoms with van der Waals surface area (Å²) in [6.45, 7) is 4.29. The predicted octanol–water partition coefficient (Wildman–Crippen LogP) is 7.59. The standard InChI is InChI=1S/C26H21N3S2/c1-16-8-12-24(30-16)21-15-29(26(27-21)25-13-9-17(2)31-25)18-10-11-23-20(14-18)19-6-4-5-7-22(19)28(23)3/h4-15H,1-3H3. The Morgan fingerprint density at radius 3 is 2.19 bits per heavy atom. The average Bonchev–Trinajstić information content (AvgIpc) is 3.55. The lowest BCUT2D eigenvalue weighted by Gasteiger charge is -2.07. The number of benzene rings is 2. The van der Waals surface area contributed by atoms with Crippen LogP contribution >= 0.6 is 22.7 Å². The summed E-state index contributed by atoms with van der Waals surface area (Å²) in [5.41, 5.74) is 4.66. The Morgan fingerprint density at radius 1 is 0.742 bits per heavy atom. The van der Waals surface area contributed by atoms with Gasteiger partial charge in [-0.2, -0.15) is 0 Å². The minimum atomic E-state index is 0.999. The molecule has 0 atom stereocenters. The molecule has 3 nitrogen and oxygen atoms in total. The van der Waals surface area contributed by atoms with E-state index in [2.05, 4.69) is 103 Å². The van der Waals surface area contributed by atoms with Gasteiger partial charge in [-0.1, -0.05) is 18.2 Å². The zero-order chi connectivity index (χ0) is 21.1. The van der Waals surface area contributed by atoms with Crippen molar-refractivity contribution >= 4 is 44.5 Å². The van der Waals surface area contributed by atoms with Crippen molar-refractivity contribution in [3.63, 3.8) is 0 Å². The maximum Gasteiger partial charge on any atom is 0.155 e. The lowest BCUT2D eigenvalue weighted by Crippen LogP contribution is -1.95. The van der Waals surface area contributed by atoms with Crippen molar-refractivity contribution in [2.24, 2.45) is 7.05 Å². The fourth-order valence-corrected chi connectivity index (χ4v) is 5.98. The normalized spacial score (nSPS) is 11.7. The molecule has 31 heavy (non-hydrogen) atoms. The maximum absolute atomic E-state index is 5.08. The Labute approximate surface area is 188 Å². The van der Waals surface area contributed by atoms with Crippen LogP contribution < -0.4 is 0 Å². The first-order valence-electron chi connectivity index (χ1n) is 10.3. The molecule has 0 spiro atoms. The number of hydrogen-bond acceptors (Lipinski definition) is 3. The first-order chi connectivity index (χ1) is 15.1. The molecule has 0 fully saturated rings. The smallest absolute Gasteiger partial charge is 0.155 e. The van der Waals surface area contributed by atoms with E-state index < -0.39 is 0 Å². The Hall–Kier alpha value is -3.15. The topological polar surface area (TPSA) is 22.8 Å². The molecule has 0 aliphatic rings. The number of aromatic nitrogens is 3. The molecule has 0 N–H and O–H groups in total. The van der Waals surface area contributed by atoms with E-state index in [-0.39, 0.29) is 0 Å². The summed E-state index contributed by atoms with van der Waals surface area (Å²) in [6, 6.07) is 24.0. The van der Waals surface area contributed by atoms with Gasteiger partial charge in [0.1, 0.15) is 0 Å². The van der Waals surface area contributed by atoms with Gasteiger partial charge in [0.2, 0.25) is 0 Å². The molecule has 0 radical (unpaired) electrons. The highest BCUT2D eigenvalue weighted by atomic mass is 32.1. The van der Waals surface area contributed by atoms with Crippen molar-refractivity contribution in [2.75, 3.05) is 0 Å². The second-order valence-electron chi connectivity index (χ2n) is 7.92. The Bertz CT molecular complexity index is 1580. The van der Waals surface area contributed by atoms with Gasteiger partial charge in [-0.3, -0.25) is 4.57 Å². The fraction of sp³-hybridized carbons (Fsp3) is 0.115. The van der Waals surface area contributed by atoms with Crippen LogP contribution in [-0.2, 0) is 7.05 Å². The molecular weight excluding hydrogens is 418 g/mol. The lowest BCUT2D eigenvalue weighted by atomic mass is 10.1. The van der Waals surface area contributed by atoms with Gasteiger partial charge >= 0.3 is 0 Å². The molecule has 0 saturated carbocycles. The largest absolute Gasteiger partial charge is 0.344 e. The van der Waals surface area contributed by atoms with E-state index in [0.29, 0.717) is 0 Å². The summed E-state index contributed by atoms with van der Waals surface area (Å²) in [6.07, 6.45) is 2.18. The molecule has 4 aromatic heterocycles. The van der Waals surface area contributed by atoms with Gasteiger partial charge in [0.15, 0.2) is 5.82 Å². The van der Waals surface area contributed by atoms with E-state index in [0.717, 1.165) is 17.2 Å². The van der Waals surface area contributed by atoms with Crippen LogP contribution in [-0.4, -0.2) is 14.1 Å². The summed E-state index contributed by atoms with van der Waals surface area (Å²) in [7, 11) is 2.14. The third-order valence-corrected chi connectivity index (χ3v) is 7.85. The van der Waals surface area contributed by atoms with Crippen LogP contribution in [0.4, 0.5) is 0 Å². The molecule has 2 aromatic carbocycles. The number of aryl methyl sites for hydroxylation is 3. The van der Waals surface area contributed by atoms with Gasteiger partial charge in [-0.15, -0.1) is 22.7 Å². The number of thiophene rings is 2. The van der Waals surface area contributed by atoms with Crippen LogP contribution in [0.3, 0.4) is 0 Å². The highest BCUT2D eigenvalue weighted by molar-refractivity contribution is 7.15. The van der Waals surface area contributed by atoms with E-state index >= 15 is 0 Å². The Kier molecular flexibility index (Phi) is 4.16. The highest BCUT2D eigenvalue weighted by Crippen LogP contribution is 2.36. The summed E-state index contributed by atoms with van der Waals surface area (Å²) in [5, 5.41) is 2.55. The zero-order valence-electron chi connectivity index (χ0n) is 17.6. The van der Waals surface area contributed by atoms with Crippen molar-refractivity contribution in [1.82, 2.24) is 14.1 Å². The Morgan fingerprint density at radius 2 is 1.45 bits per heavy atom. The second kappa shape index (κ2) is 6.94. The molecule has 0 aliphatic heterocycles. The summed E-state index contributed by atoms with van der Waals surface area (Å²) < 4.78 is 4.52. The van der Waals surface area contributed by atoms with Crippen molar-refractivity contribution in [1.29, 1.82) is 0 Å². The minimum absolute atomic E-state index is 0.999. The van der Waals surface area contributed by atoms with Gasteiger partial charge in [-0.05, 0) is 62.4 Å². The summed E-state index contributed by atoms with van der Waals surface area (Å²) in [5.74, 6) is 0.999. The number of imidazole rings is 1. The Balaban J connectivity index is 1.60. The van der Waals surface area contributed by atoms with E-state index in [1.54, 1.807) is 22.7 Å². The number of rotatable bonds is 3. The van der Waals surface area contributed by atoms with E-state index in [9.17, 15) is 0 Å². The van der Waals surface area contributed by atoms with Gasteiger partial charge in [0, 0.05) is 50.5 Å². The maximum atomic E-state index is 5.08. The highest BCUT2D eigenvalue weighted by Gasteiger charge is 2.17. The van der Waals surface area contributed by atoms with Gasteiger partial charge < -0.3 is 4.57 Å². The zero-order valence-corrected chi connectivity index (χ0v) is 19.2. The SMILES string of the molecule is Cc1ccc(-c2cn(-c3ccc4c(c3)c3ccccc3n4C)c(-c3ccc(C)s3)n2)s1. The molecular formula is C26H21N3S2. The van der Waals surface area contributed by atoms with E-state index in [1.165, 1.54) is 41.3 Å². The van der Waals surface area contributed by atoms with Crippen molar-refractivity contribution in [2.45, 2.75) is 13.8 Å². The molecule has 6 aromatic rings. The first-order valence-corrected chi connectivity index (χ1v) is 11.9. The van der Waals surface area contributed by atoms with Crippen LogP contribution in [0.1, 0.15) is 9.75 Å². The minimum Gasteiger partial charge on any atom is -0.344 e. The molecule has 6 rings (SSSR count).